The zero-order valence-corrected chi connectivity index (χ0v) is 7.35. The number of nitrogens with two attached hydrogens (primary N) is 1. The summed E-state index contributed by atoms with van der Waals surface area (Å²) < 4.78 is 24.6. The Morgan fingerprint density at radius 1 is 1.67 bits per heavy atom. The number of nitro groups is 1. The van der Waals surface area contributed by atoms with Crippen LogP contribution in [0.3, 0.4) is 0 Å². The number of rotatable bonds is 3. The lowest BCUT2D eigenvalue weighted by Crippen LogP contribution is -2.06. The summed E-state index contributed by atoms with van der Waals surface area (Å²) in [7, 11) is 0. The average molecular weight is 219 g/mol. The number of alkyl halides is 2. The molecule has 0 atom stereocenters. The Labute approximate surface area is 82.5 Å². The minimum Gasteiger partial charge on any atom is -0.504 e. The number of nitrogens with zero attached hydrogens (tertiary/aromatic N) is 2. The first-order valence-electron chi connectivity index (χ1n) is 3.82. The largest absolute Gasteiger partial charge is 0.504 e. The SMILES string of the molecule is NCc1nc([N+](=O)[O-])c(C(F)F)cc1O. The Morgan fingerprint density at radius 3 is 2.67 bits per heavy atom. The van der Waals surface area contributed by atoms with E-state index in [9.17, 15) is 18.9 Å². The third-order valence-electron chi connectivity index (χ3n) is 1.69. The standard InChI is InChI=1S/C7H7F2N3O3/c8-6(9)3-1-5(13)4(2-10)11-7(3)12(14)15/h1,6,13H,2,10H2. The molecule has 3 N–H and O–H groups in total. The van der Waals surface area contributed by atoms with Gasteiger partial charge in [0.2, 0.25) is 5.69 Å². The minimum atomic E-state index is -3.07. The molecule has 0 fully saturated rings. The fourth-order valence-corrected chi connectivity index (χ4v) is 1.00. The van der Waals surface area contributed by atoms with E-state index in [2.05, 4.69) is 4.98 Å². The predicted molar refractivity (Wildman–Crippen MR) is 45.4 cm³/mol. The van der Waals surface area contributed by atoms with Crippen LogP contribution in [0.5, 0.6) is 5.75 Å². The molecule has 0 saturated heterocycles. The second-order valence-electron chi connectivity index (χ2n) is 2.63. The van der Waals surface area contributed by atoms with Crippen molar-refractivity contribution in [2.45, 2.75) is 13.0 Å². The van der Waals surface area contributed by atoms with Crippen molar-refractivity contribution in [1.29, 1.82) is 0 Å². The Hall–Kier alpha value is -1.83. The smallest absolute Gasteiger partial charge is 0.372 e. The second kappa shape index (κ2) is 4.13. The zero-order chi connectivity index (χ0) is 11.6. The van der Waals surface area contributed by atoms with Crippen LogP contribution in [0.25, 0.3) is 0 Å². The molecule has 0 aliphatic heterocycles. The number of aromatic hydroxyl groups is 1. The summed E-state index contributed by atoms with van der Waals surface area (Å²) in [5.74, 6) is -1.55. The summed E-state index contributed by atoms with van der Waals surface area (Å²) in [6.45, 7) is -0.268. The number of hydrogen-bond acceptors (Lipinski definition) is 5. The van der Waals surface area contributed by atoms with Crippen molar-refractivity contribution >= 4 is 5.82 Å². The maximum Gasteiger partial charge on any atom is 0.372 e. The Bertz CT molecular complexity index is 397. The van der Waals surface area contributed by atoms with Crippen molar-refractivity contribution in [1.82, 2.24) is 4.98 Å². The first-order valence-corrected chi connectivity index (χ1v) is 3.82. The van der Waals surface area contributed by atoms with Crippen molar-refractivity contribution in [3.05, 3.63) is 27.4 Å². The topological polar surface area (TPSA) is 102 Å². The molecule has 1 aromatic heterocycles. The van der Waals surface area contributed by atoms with Gasteiger partial charge in [-0.15, -0.1) is 0 Å². The maximum atomic E-state index is 12.3. The van der Waals surface area contributed by atoms with Crippen molar-refractivity contribution in [2.75, 3.05) is 0 Å². The van der Waals surface area contributed by atoms with E-state index in [1.165, 1.54) is 0 Å². The van der Waals surface area contributed by atoms with Gasteiger partial charge in [0.1, 0.15) is 5.56 Å². The fourth-order valence-electron chi connectivity index (χ4n) is 1.00. The first kappa shape index (κ1) is 11.2. The van der Waals surface area contributed by atoms with Gasteiger partial charge < -0.3 is 21.0 Å². The van der Waals surface area contributed by atoms with Gasteiger partial charge in [0.05, 0.1) is 6.54 Å². The predicted octanol–water partition coefficient (Wildman–Crippen LogP) is 1.09. The number of pyridine rings is 1. The highest BCUT2D eigenvalue weighted by Gasteiger charge is 2.26. The van der Waals surface area contributed by atoms with Gasteiger partial charge in [-0.2, -0.15) is 0 Å². The molecule has 0 aliphatic rings. The molecule has 0 spiro atoms. The van der Waals surface area contributed by atoms with E-state index in [0.29, 0.717) is 6.07 Å². The maximum absolute atomic E-state index is 12.3. The molecule has 15 heavy (non-hydrogen) atoms. The molecule has 8 heteroatoms. The summed E-state index contributed by atoms with van der Waals surface area (Å²) in [6.07, 6.45) is -3.07. The van der Waals surface area contributed by atoms with Crippen LogP contribution in [-0.2, 0) is 6.54 Å². The monoisotopic (exact) mass is 219 g/mol. The lowest BCUT2D eigenvalue weighted by atomic mass is 10.2. The van der Waals surface area contributed by atoms with Crippen LogP contribution in [-0.4, -0.2) is 15.0 Å². The van der Waals surface area contributed by atoms with Crippen LogP contribution in [0.15, 0.2) is 6.07 Å². The molecule has 82 valence electrons. The van der Waals surface area contributed by atoms with Gasteiger partial charge in [0, 0.05) is 6.07 Å². The fraction of sp³-hybridized carbons (Fsp3) is 0.286. The Kier molecular flexibility index (Phi) is 3.10. The van der Waals surface area contributed by atoms with E-state index in [1.807, 2.05) is 0 Å². The van der Waals surface area contributed by atoms with Crippen LogP contribution in [0.4, 0.5) is 14.6 Å². The van der Waals surface area contributed by atoms with E-state index in [4.69, 9.17) is 10.8 Å². The summed E-state index contributed by atoms with van der Waals surface area (Å²) in [5.41, 5.74) is 4.00. The molecule has 0 radical (unpaired) electrons. The van der Waals surface area contributed by atoms with Crippen LogP contribution in [0.2, 0.25) is 0 Å². The van der Waals surface area contributed by atoms with Crippen molar-refractivity contribution in [3.8, 4) is 5.75 Å². The highest BCUT2D eigenvalue weighted by atomic mass is 19.3. The molecular weight excluding hydrogens is 212 g/mol. The zero-order valence-electron chi connectivity index (χ0n) is 7.35. The van der Waals surface area contributed by atoms with Gasteiger partial charge in [-0.25, -0.2) is 8.78 Å². The van der Waals surface area contributed by atoms with E-state index >= 15 is 0 Å². The molecule has 0 saturated carbocycles. The Morgan fingerprint density at radius 2 is 2.27 bits per heavy atom. The lowest BCUT2D eigenvalue weighted by molar-refractivity contribution is -0.391. The van der Waals surface area contributed by atoms with E-state index in [1.54, 1.807) is 0 Å². The van der Waals surface area contributed by atoms with Gasteiger partial charge in [0.15, 0.2) is 5.75 Å². The van der Waals surface area contributed by atoms with E-state index < -0.39 is 28.5 Å². The number of halogens is 2. The van der Waals surface area contributed by atoms with Crippen LogP contribution in [0.1, 0.15) is 17.7 Å². The first-order chi connectivity index (χ1) is 6.97. The summed E-state index contributed by atoms with van der Waals surface area (Å²) in [5, 5.41) is 19.5. The molecule has 0 aromatic carbocycles. The summed E-state index contributed by atoms with van der Waals surface area (Å²) >= 11 is 0. The lowest BCUT2D eigenvalue weighted by Gasteiger charge is -2.03. The third-order valence-corrected chi connectivity index (χ3v) is 1.69. The van der Waals surface area contributed by atoms with Crippen molar-refractivity contribution in [3.63, 3.8) is 0 Å². The van der Waals surface area contributed by atoms with E-state index in [-0.39, 0.29) is 12.2 Å². The highest BCUT2D eigenvalue weighted by molar-refractivity contribution is 5.42. The highest BCUT2D eigenvalue weighted by Crippen LogP contribution is 2.31. The van der Waals surface area contributed by atoms with Crippen molar-refractivity contribution < 1.29 is 18.8 Å². The van der Waals surface area contributed by atoms with Gasteiger partial charge >= 0.3 is 5.82 Å². The molecule has 6 nitrogen and oxygen atoms in total. The third kappa shape index (κ3) is 2.15. The molecule has 1 aromatic rings. The normalized spacial score (nSPS) is 10.7. The minimum absolute atomic E-state index is 0.189. The summed E-state index contributed by atoms with van der Waals surface area (Å²) in [4.78, 5) is 12.6. The molecule has 0 amide bonds. The van der Waals surface area contributed by atoms with Gasteiger partial charge in [-0.3, -0.25) is 0 Å². The van der Waals surface area contributed by atoms with Gasteiger partial charge in [-0.05, 0) is 9.91 Å². The molecular formula is C7H7F2N3O3. The van der Waals surface area contributed by atoms with Crippen LogP contribution < -0.4 is 5.73 Å². The van der Waals surface area contributed by atoms with Crippen LogP contribution >= 0.6 is 0 Å². The Balaban J connectivity index is 3.39. The quantitative estimate of drug-likeness (QED) is 0.585. The number of aromatic nitrogens is 1. The second-order valence-corrected chi connectivity index (χ2v) is 2.63. The average Bonchev–Trinajstić information content (AvgIpc) is 2.16. The molecule has 0 unspecified atom stereocenters. The van der Waals surface area contributed by atoms with Crippen LogP contribution in [0, 0.1) is 10.1 Å². The molecule has 1 rings (SSSR count). The van der Waals surface area contributed by atoms with E-state index in [0.717, 1.165) is 0 Å². The molecule has 1 heterocycles. The molecule has 0 bridgehead atoms. The number of hydrogen-bond donors (Lipinski definition) is 2. The summed E-state index contributed by atoms with van der Waals surface area (Å²) in [6, 6.07) is 0.609. The molecule has 0 aliphatic carbocycles. The van der Waals surface area contributed by atoms with Crippen molar-refractivity contribution in [2.24, 2.45) is 5.73 Å². The van der Waals surface area contributed by atoms with Gasteiger partial charge in [-0.1, -0.05) is 0 Å². The van der Waals surface area contributed by atoms with Gasteiger partial charge in [0.25, 0.3) is 6.43 Å².